The fourth-order valence-corrected chi connectivity index (χ4v) is 1.92. The van der Waals surface area contributed by atoms with E-state index in [0.717, 1.165) is 17.4 Å². The van der Waals surface area contributed by atoms with Gasteiger partial charge in [0.05, 0.1) is 0 Å². The SMILES string of the molecule is Cc1ccc(CCC2CNC2)cc1Cl. The Bertz CT molecular complexity index is 318. The molecule has 2 rings (SSSR count). The summed E-state index contributed by atoms with van der Waals surface area (Å²) in [6, 6.07) is 6.40. The highest BCUT2D eigenvalue weighted by Crippen LogP contribution is 2.19. The molecule has 2 heteroatoms. The zero-order valence-corrected chi connectivity index (χ0v) is 9.27. The van der Waals surface area contributed by atoms with Gasteiger partial charge in [0, 0.05) is 5.02 Å². The van der Waals surface area contributed by atoms with E-state index >= 15 is 0 Å². The fraction of sp³-hybridized carbons (Fsp3) is 0.500. The lowest BCUT2D eigenvalue weighted by Gasteiger charge is -2.26. The third kappa shape index (κ3) is 2.28. The molecule has 1 fully saturated rings. The average molecular weight is 210 g/mol. The van der Waals surface area contributed by atoms with Gasteiger partial charge in [0.15, 0.2) is 0 Å². The maximum absolute atomic E-state index is 6.06. The molecular formula is C12H16ClN. The summed E-state index contributed by atoms with van der Waals surface area (Å²) in [6.45, 7) is 4.43. The van der Waals surface area contributed by atoms with E-state index in [-0.39, 0.29) is 0 Å². The van der Waals surface area contributed by atoms with Gasteiger partial charge in [0.1, 0.15) is 0 Å². The van der Waals surface area contributed by atoms with Crippen molar-refractivity contribution in [3.8, 4) is 0 Å². The first-order valence-electron chi connectivity index (χ1n) is 5.21. The molecule has 0 saturated carbocycles. The van der Waals surface area contributed by atoms with E-state index in [1.165, 1.54) is 30.6 Å². The van der Waals surface area contributed by atoms with Gasteiger partial charge < -0.3 is 5.32 Å². The second kappa shape index (κ2) is 4.33. The molecule has 0 atom stereocenters. The molecule has 1 aromatic rings. The molecule has 0 bridgehead atoms. The van der Waals surface area contributed by atoms with Crippen LogP contribution < -0.4 is 5.32 Å². The molecule has 0 aliphatic carbocycles. The molecule has 14 heavy (non-hydrogen) atoms. The van der Waals surface area contributed by atoms with Crippen LogP contribution in [-0.2, 0) is 6.42 Å². The number of hydrogen-bond donors (Lipinski definition) is 1. The number of halogens is 1. The second-order valence-electron chi connectivity index (χ2n) is 4.15. The van der Waals surface area contributed by atoms with Crippen LogP contribution in [0.1, 0.15) is 17.5 Å². The highest BCUT2D eigenvalue weighted by Gasteiger charge is 2.15. The van der Waals surface area contributed by atoms with E-state index < -0.39 is 0 Å². The van der Waals surface area contributed by atoms with Gasteiger partial charge in [-0.05, 0) is 56.0 Å². The second-order valence-corrected chi connectivity index (χ2v) is 4.55. The minimum Gasteiger partial charge on any atom is -0.316 e. The maximum atomic E-state index is 6.06. The number of aryl methyl sites for hydroxylation is 2. The largest absolute Gasteiger partial charge is 0.316 e. The highest BCUT2D eigenvalue weighted by atomic mass is 35.5. The third-order valence-electron chi connectivity index (χ3n) is 2.94. The fourth-order valence-electron chi connectivity index (χ4n) is 1.72. The van der Waals surface area contributed by atoms with Gasteiger partial charge >= 0.3 is 0 Å². The Labute approximate surface area is 90.5 Å². The van der Waals surface area contributed by atoms with Crippen LogP contribution in [-0.4, -0.2) is 13.1 Å². The molecule has 0 unspecified atom stereocenters. The van der Waals surface area contributed by atoms with Crippen molar-refractivity contribution in [2.24, 2.45) is 5.92 Å². The lowest BCUT2D eigenvalue weighted by molar-refractivity contribution is 0.328. The van der Waals surface area contributed by atoms with Crippen molar-refractivity contribution < 1.29 is 0 Å². The van der Waals surface area contributed by atoms with Crippen molar-refractivity contribution in [1.29, 1.82) is 0 Å². The van der Waals surface area contributed by atoms with Gasteiger partial charge in [0.25, 0.3) is 0 Å². The van der Waals surface area contributed by atoms with E-state index in [9.17, 15) is 0 Å². The Hall–Kier alpha value is -0.530. The summed E-state index contributed by atoms with van der Waals surface area (Å²) < 4.78 is 0. The Morgan fingerprint density at radius 3 is 2.79 bits per heavy atom. The Morgan fingerprint density at radius 2 is 2.21 bits per heavy atom. The highest BCUT2D eigenvalue weighted by molar-refractivity contribution is 6.31. The monoisotopic (exact) mass is 209 g/mol. The van der Waals surface area contributed by atoms with Crippen LogP contribution in [0.25, 0.3) is 0 Å². The molecule has 1 aromatic carbocycles. The molecule has 1 aliphatic rings. The molecule has 0 radical (unpaired) electrons. The van der Waals surface area contributed by atoms with Crippen molar-refractivity contribution in [3.05, 3.63) is 34.3 Å². The van der Waals surface area contributed by atoms with Gasteiger partial charge in [-0.1, -0.05) is 23.7 Å². The first kappa shape index (κ1) is 10.0. The molecule has 1 nitrogen and oxygen atoms in total. The lowest BCUT2D eigenvalue weighted by Crippen LogP contribution is -2.42. The van der Waals surface area contributed by atoms with Crippen molar-refractivity contribution in [1.82, 2.24) is 5.32 Å². The van der Waals surface area contributed by atoms with Crippen molar-refractivity contribution in [3.63, 3.8) is 0 Å². The maximum Gasteiger partial charge on any atom is 0.0437 e. The summed E-state index contributed by atoms with van der Waals surface area (Å²) in [7, 11) is 0. The topological polar surface area (TPSA) is 12.0 Å². The smallest absolute Gasteiger partial charge is 0.0437 e. The van der Waals surface area contributed by atoms with E-state index in [1.54, 1.807) is 0 Å². The van der Waals surface area contributed by atoms with Gasteiger partial charge in [-0.3, -0.25) is 0 Å². The molecule has 76 valence electrons. The minimum atomic E-state index is 0.884. The summed E-state index contributed by atoms with van der Waals surface area (Å²) in [5.41, 5.74) is 2.54. The van der Waals surface area contributed by atoms with E-state index in [0.29, 0.717) is 0 Å². The zero-order chi connectivity index (χ0) is 9.97. The third-order valence-corrected chi connectivity index (χ3v) is 3.35. The van der Waals surface area contributed by atoms with Gasteiger partial charge in [0.2, 0.25) is 0 Å². The standard InChI is InChI=1S/C12H16ClN/c1-9-2-3-10(6-12(9)13)4-5-11-7-14-8-11/h2-3,6,11,14H,4-5,7-8H2,1H3. The molecule has 1 aliphatic heterocycles. The Kier molecular flexibility index (Phi) is 3.09. The predicted molar refractivity (Wildman–Crippen MR) is 60.9 cm³/mol. The molecule has 0 amide bonds. The molecule has 0 aromatic heterocycles. The first-order valence-corrected chi connectivity index (χ1v) is 5.59. The first-order chi connectivity index (χ1) is 6.75. The quantitative estimate of drug-likeness (QED) is 0.808. The van der Waals surface area contributed by atoms with Crippen LogP contribution in [0.5, 0.6) is 0 Å². The van der Waals surface area contributed by atoms with Crippen LogP contribution in [0.2, 0.25) is 5.02 Å². The van der Waals surface area contributed by atoms with Crippen LogP contribution in [0.3, 0.4) is 0 Å². The molecule has 0 spiro atoms. The molecule has 1 saturated heterocycles. The number of benzene rings is 1. The number of rotatable bonds is 3. The summed E-state index contributed by atoms with van der Waals surface area (Å²) in [6.07, 6.45) is 2.44. The van der Waals surface area contributed by atoms with Crippen molar-refractivity contribution in [2.75, 3.05) is 13.1 Å². The zero-order valence-electron chi connectivity index (χ0n) is 8.52. The summed E-state index contributed by atoms with van der Waals surface area (Å²) in [5.74, 6) is 0.884. The lowest BCUT2D eigenvalue weighted by atomic mass is 9.94. The Balaban J connectivity index is 1.91. The van der Waals surface area contributed by atoms with Gasteiger partial charge in [-0.2, -0.15) is 0 Å². The minimum absolute atomic E-state index is 0.884. The van der Waals surface area contributed by atoms with E-state index in [1.807, 2.05) is 6.92 Å². The van der Waals surface area contributed by atoms with Gasteiger partial charge in [-0.25, -0.2) is 0 Å². The van der Waals surface area contributed by atoms with Crippen LogP contribution >= 0.6 is 11.6 Å². The van der Waals surface area contributed by atoms with Crippen molar-refractivity contribution >= 4 is 11.6 Å². The van der Waals surface area contributed by atoms with Crippen molar-refractivity contribution in [2.45, 2.75) is 19.8 Å². The normalized spacial score (nSPS) is 16.7. The summed E-state index contributed by atoms with van der Waals surface area (Å²) >= 11 is 6.06. The van der Waals surface area contributed by atoms with Crippen LogP contribution in [0.15, 0.2) is 18.2 Å². The van der Waals surface area contributed by atoms with E-state index in [2.05, 4.69) is 23.5 Å². The number of hydrogen-bond acceptors (Lipinski definition) is 1. The van der Waals surface area contributed by atoms with Gasteiger partial charge in [-0.15, -0.1) is 0 Å². The molecule has 1 heterocycles. The molecule has 1 N–H and O–H groups in total. The average Bonchev–Trinajstić information content (AvgIpc) is 2.08. The summed E-state index contributed by atoms with van der Waals surface area (Å²) in [5, 5.41) is 4.19. The summed E-state index contributed by atoms with van der Waals surface area (Å²) in [4.78, 5) is 0. The van der Waals surface area contributed by atoms with Crippen LogP contribution in [0, 0.1) is 12.8 Å². The molecular weight excluding hydrogens is 194 g/mol. The van der Waals surface area contributed by atoms with E-state index in [4.69, 9.17) is 11.6 Å². The Morgan fingerprint density at radius 1 is 1.43 bits per heavy atom. The number of nitrogens with one attached hydrogen (secondary N) is 1. The predicted octanol–water partition coefficient (Wildman–Crippen LogP) is 2.80. The van der Waals surface area contributed by atoms with Crippen LogP contribution in [0.4, 0.5) is 0 Å².